The predicted octanol–water partition coefficient (Wildman–Crippen LogP) is 4.14. The number of aromatic nitrogens is 2. The van der Waals surface area contributed by atoms with Gasteiger partial charge < -0.3 is 0 Å². The van der Waals surface area contributed by atoms with E-state index in [9.17, 15) is 0 Å². The third-order valence-electron chi connectivity index (χ3n) is 3.88. The molecule has 1 fully saturated rings. The number of alkyl halides is 1. The molecule has 1 aliphatic carbocycles. The van der Waals surface area contributed by atoms with Gasteiger partial charge in [0.1, 0.15) is 0 Å². The molecule has 92 valence electrons. The van der Waals surface area contributed by atoms with Crippen molar-refractivity contribution in [2.24, 2.45) is 11.8 Å². The Morgan fingerprint density at radius 3 is 3.00 bits per heavy atom. The Bertz CT molecular complexity index is 456. The lowest BCUT2D eigenvalue weighted by molar-refractivity contribution is 0.371. The van der Waals surface area contributed by atoms with Gasteiger partial charge >= 0.3 is 0 Å². The highest BCUT2D eigenvalue weighted by molar-refractivity contribution is 9.09. The van der Waals surface area contributed by atoms with E-state index in [0.717, 1.165) is 28.5 Å². The lowest BCUT2D eigenvalue weighted by Gasteiger charge is -2.19. The molecule has 0 amide bonds. The highest BCUT2D eigenvalue weighted by Gasteiger charge is 2.25. The van der Waals surface area contributed by atoms with Crippen LogP contribution in [0.15, 0.2) is 17.8 Å². The fourth-order valence-corrected chi connectivity index (χ4v) is 4.40. The number of rotatable bonds is 4. The van der Waals surface area contributed by atoms with Gasteiger partial charge in [-0.2, -0.15) is 0 Å². The van der Waals surface area contributed by atoms with Crippen LogP contribution in [0.1, 0.15) is 31.4 Å². The van der Waals surface area contributed by atoms with Crippen molar-refractivity contribution in [3.05, 3.63) is 23.5 Å². The fourth-order valence-electron chi connectivity index (χ4n) is 2.92. The van der Waals surface area contributed by atoms with Crippen LogP contribution in [0, 0.1) is 11.8 Å². The lowest BCUT2D eigenvalue weighted by atomic mass is 9.89. The first kappa shape index (κ1) is 11.7. The Morgan fingerprint density at radius 1 is 1.47 bits per heavy atom. The van der Waals surface area contributed by atoms with Gasteiger partial charge in [-0.15, -0.1) is 11.3 Å². The molecule has 3 rings (SSSR count). The molecule has 0 aliphatic heterocycles. The topological polar surface area (TPSA) is 17.3 Å². The van der Waals surface area contributed by atoms with Gasteiger partial charge in [-0.1, -0.05) is 41.6 Å². The zero-order chi connectivity index (χ0) is 11.7. The molecule has 0 saturated heterocycles. The molecular formula is C13H17BrN2S. The summed E-state index contributed by atoms with van der Waals surface area (Å²) in [6.07, 6.45) is 11.1. The van der Waals surface area contributed by atoms with Gasteiger partial charge in [0.2, 0.25) is 0 Å². The summed E-state index contributed by atoms with van der Waals surface area (Å²) in [6, 6.07) is 0. The summed E-state index contributed by atoms with van der Waals surface area (Å²) in [5, 5.41) is 3.20. The molecule has 0 aromatic carbocycles. The summed E-state index contributed by atoms with van der Waals surface area (Å²) >= 11 is 5.40. The molecule has 17 heavy (non-hydrogen) atoms. The van der Waals surface area contributed by atoms with Gasteiger partial charge in [-0.05, 0) is 18.3 Å². The predicted molar refractivity (Wildman–Crippen MR) is 76.0 cm³/mol. The third kappa shape index (κ3) is 2.43. The van der Waals surface area contributed by atoms with E-state index < -0.39 is 0 Å². The van der Waals surface area contributed by atoms with Crippen molar-refractivity contribution in [2.45, 2.75) is 32.1 Å². The molecule has 1 atom stereocenters. The van der Waals surface area contributed by atoms with Crippen molar-refractivity contribution < 1.29 is 0 Å². The minimum Gasteiger partial charge on any atom is -0.297 e. The second-order valence-corrected chi connectivity index (χ2v) is 6.51. The van der Waals surface area contributed by atoms with Crippen molar-refractivity contribution in [1.29, 1.82) is 0 Å². The molecule has 2 heterocycles. The highest BCUT2D eigenvalue weighted by atomic mass is 79.9. The molecule has 4 heteroatoms. The van der Waals surface area contributed by atoms with Crippen molar-refractivity contribution in [3.63, 3.8) is 0 Å². The van der Waals surface area contributed by atoms with E-state index in [4.69, 9.17) is 4.98 Å². The third-order valence-corrected chi connectivity index (χ3v) is 5.48. The van der Waals surface area contributed by atoms with E-state index in [1.165, 1.54) is 31.4 Å². The monoisotopic (exact) mass is 312 g/mol. The van der Waals surface area contributed by atoms with Crippen LogP contribution in [0.25, 0.3) is 4.96 Å². The van der Waals surface area contributed by atoms with Gasteiger partial charge in [0.05, 0.1) is 5.69 Å². The molecule has 1 saturated carbocycles. The maximum atomic E-state index is 4.69. The Kier molecular flexibility index (Phi) is 3.52. The first-order valence-electron chi connectivity index (χ1n) is 6.34. The normalized spacial score (nSPS) is 19.1. The zero-order valence-corrected chi connectivity index (χ0v) is 12.2. The fraction of sp³-hybridized carbons (Fsp3) is 0.615. The number of hydrogen-bond donors (Lipinski definition) is 0. The second-order valence-electron chi connectivity index (χ2n) is 4.99. The molecule has 2 aromatic rings. The number of thiazole rings is 1. The van der Waals surface area contributed by atoms with Crippen molar-refractivity contribution in [1.82, 2.24) is 9.38 Å². The number of fused-ring (bicyclic) bond motifs is 1. The van der Waals surface area contributed by atoms with E-state index in [1.807, 2.05) is 0 Å². The first-order chi connectivity index (χ1) is 8.36. The standard InChI is InChI=1S/C13H17BrN2S/c14-8-11(10-3-1-2-4-10)7-12-9-16-5-6-17-13(16)15-12/h5-6,9-11H,1-4,7-8H2. The molecule has 2 aromatic heterocycles. The van der Waals surface area contributed by atoms with Crippen LogP contribution in [0.2, 0.25) is 0 Å². The van der Waals surface area contributed by atoms with Crippen LogP contribution in [0.3, 0.4) is 0 Å². The smallest absolute Gasteiger partial charge is 0.193 e. The Hall–Kier alpha value is -0.350. The molecular weight excluding hydrogens is 296 g/mol. The van der Waals surface area contributed by atoms with Gasteiger partial charge in [0.15, 0.2) is 4.96 Å². The van der Waals surface area contributed by atoms with Gasteiger partial charge in [0, 0.05) is 23.1 Å². The van der Waals surface area contributed by atoms with Crippen LogP contribution in [0.4, 0.5) is 0 Å². The van der Waals surface area contributed by atoms with E-state index in [-0.39, 0.29) is 0 Å². The van der Waals surface area contributed by atoms with E-state index in [1.54, 1.807) is 11.3 Å². The van der Waals surface area contributed by atoms with Crippen LogP contribution in [-0.2, 0) is 6.42 Å². The Labute approximate surface area is 114 Å². The van der Waals surface area contributed by atoms with Crippen molar-refractivity contribution in [2.75, 3.05) is 5.33 Å². The SMILES string of the molecule is BrCC(Cc1cn2ccsc2n1)C1CCCC1. The molecule has 0 bridgehead atoms. The molecule has 2 nitrogen and oxygen atoms in total. The molecule has 0 N–H and O–H groups in total. The van der Waals surface area contributed by atoms with Crippen molar-refractivity contribution >= 4 is 32.2 Å². The summed E-state index contributed by atoms with van der Waals surface area (Å²) < 4.78 is 2.14. The van der Waals surface area contributed by atoms with E-state index in [0.29, 0.717) is 0 Å². The number of imidazole rings is 1. The van der Waals surface area contributed by atoms with Gasteiger partial charge in [0.25, 0.3) is 0 Å². The average molecular weight is 313 g/mol. The Morgan fingerprint density at radius 2 is 2.29 bits per heavy atom. The maximum Gasteiger partial charge on any atom is 0.193 e. The van der Waals surface area contributed by atoms with E-state index >= 15 is 0 Å². The molecule has 0 radical (unpaired) electrons. The quantitative estimate of drug-likeness (QED) is 0.776. The van der Waals surface area contributed by atoms with Crippen LogP contribution < -0.4 is 0 Å². The van der Waals surface area contributed by atoms with E-state index in [2.05, 4.69) is 38.1 Å². The average Bonchev–Trinajstić information content (AvgIpc) is 3.01. The highest BCUT2D eigenvalue weighted by Crippen LogP contribution is 2.34. The lowest BCUT2D eigenvalue weighted by Crippen LogP contribution is -2.16. The van der Waals surface area contributed by atoms with Gasteiger partial charge in [-0.3, -0.25) is 4.40 Å². The summed E-state index contributed by atoms with van der Waals surface area (Å²) in [4.78, 5) is 5.82. The summed E-state index contributed by atoms with van der Waals surface area (Å²) in [7, 11) is 0. The number of halogens is 1. The molecule has 1 unspecified atom stereocenters. The summed E-state index contributed by atoms with van der Waals surface area (Å²) in [5.41, 5.74) is 1.26. The van der Waals surface area contributed by atoms with Crippen LogP contribution >= 0.6 is 27.3 Å². The van der Waals surface area contributed by atoms with Crippen molar-refractivity contribution in [3.8, 4) is 0 Å². The van der Waals surface area contributed by atoms with Gasteiger partial charge in [-0.25, -0.2) is 4.98 Å². The summed E-state index contributed by atoms with van der Waals surface area (Å²) in [5.74, 6) is 1.68. The minimum absolute atomic E-state index is 0.766. The second kappa shape index (κ2) is 5.11. The summed E-state index contributed by atoms with van der Waals surface area (Å²) in [6.45, 7) is 0. The molecule has 0 spiro atoms. The largest absolute Gasteiger partial charge is 0.297 e. The first-order valence-corrected chi connectivity index (χ1v) is 8.34. The maximum absolute atomic E-state index is 4.69. The minimum atomic E-state index is 0.766. The van der Waals surface area contributed by atoms with Crippen LogP contribution in [-0.4, -0.2) is 14.7 Å². The van der Waals surface area contributed by atoms with Crippen LogP contribution in [0.5, 0.6) is 0 Å². The number of nitrogens with zero attached hydrogens (tertiary/aromatic N) is 2. The molecule has 1 aliphatic rings. The Balaban J connectivity index is 1.73. The number of hydrogen-bond acceptors (Lipinski definition) is 2. The zero-order valence-electron chi connectivity index (χ0n) is 9.81.